The van der Waals surface area contributed by atoms with Crippen molar-refractivity contribution in [2.45, 2.75) is 58.7 Å². The molecule has 0 spiro atoms. The minimum atomic E-state index is -0.637. The van der Waals surface area contributed by atoms with E-state index in [0.29, 0.717) is 12.8 Å². The highest BCUT2D eigenvalue weighted by Crippen LogP contribution is 2.25. The van der Waals surface area contributed by atoms with E-state index < -0.39 is 12.2 Å². The van der Waals surface area contributed by atoms with Crippen molar-refractivity contribution in [1.29, 1.82) is 0 Å². The summed E-state index contributed by atoms with van der Waals surface area (Å²) < 4.78 is 5.29. The van der Waals surface area contributed by atoms with Gasteiger partial charge < -0.3 is 14.9 Å². The van der Waals surface area contributed by atoms with Crippen LogP contribution in [0.2, 0.25) is 0 Å². The Bertz CT molecular complexity index is 401. The highest BCUT2D eigenvalue weighted by atomic mass is 16.5. The number of methoxy groups -OCH3 is 1. The van der Waals surface area contributed by atoms with Gasteiger partial charge in [0.1, 0.15) is 5.75 Å². The lowest BCUT2D eigenvalue weighted by atomic mass is 9.95. The van der Waals surface area contributed by atoms with Crippen LogP contribution in [0, 0.1) is 13.8 Å². The molecule has 0 aliphatic rings. The van der Waals surface area contributed by atoms with E-state index in [2.05, 4.69) is 6.92 Å². The number of aliphatic hydroxyl groups excluding tert-OH is 2. The summed E-state index contributed by atoms with van der Waals surface area (Å²) in [6.45, 7) is 6.12. The van der Waals surface area contributed by atoms with Crippen molar-refractivity contribution in [3.63, 3.8) is 0 Å². The number of rotatable bonds is 7. The van der Waals surface area contributed by atoms with Crippen LogP contribution in [0.5, 0.6) is 5.75 Å². The molecule has 1 aromatic carbocycles. The topological polar surface area (TPSA) is 49.7 Å². The van der Waals surface area contributed by atoms with Crippen molar-refractivity contribution in [3.05, 3.63) is 28.8 Å². The number of ether oxygens (including phenoxy) is 1. The Hall–Kier alpha value is -1.06. The third kappa shape index (κ3) is 4.22. The first kappa shape index (κ1) is 16.0. The third-order valence-corrected chi connectivity index (χ3v) is 3.81. The van der Waals surface area contributed by atoms with Crippen molar-refractivity contribution >= 4 is 0 Å². The van der Waals surface area contributed by atoms with Gasteiger partial charge in [0.2, 0.25) is 0 Å². The molecular formula is C16H26O3. The molecule has 19 heavy (non-hydrogen) atoms. The van der Waals surface area contributed by atoms with E-state index in [1.807, 2.05) is 26.0 Å². The van der Waals surface area contributed by atoms with Crippen LogP contribution in [-0.4, -0.2) is 29.5 Å². The highest BCUT2D eigenvalue weighted by molar-refractivity contribution is 5.43. The Morgan fingerprint density at radius 2 is 1.68 bits per heavy atom. The van der Waals surface area contributed by atoms with Crippen LogP contribution in [0.1, 0.15) is 42.9 Å². The predicted molar refractivity (Wildman–Crippen MR) is 77.7 cm³/mol. The van der Waals surface area contributed by atoms with Gasteiger partial charge in [-0.2, -0.15) is 0 Å². The van der Waals surface area contributed by atoms with Gasteiger partial charge in [0.05, 0.1) is 19.3 Å². The summed E-state index contributed by atoms with van der Waals surface area (Å²) in [6, 6.07) is 4.01. The maximum Gasteiger partial charge on any atom is 0.122 e. The van der Waals surface area contributed by atoms with E-state index in [-0.39, 0.29) is 0 Å². The Morgan fingerprint density at radius 3 is 2.26 bits per heavy atom. The molecule has 2 atom stereocenters. The molecule has 0 saturated carbocycles. The number of benzene rings is 1. The monoisotopic (exact) mass is 266 g/mol. The lowest BCUT2D eigenvalue weighted by Crippen LogP contribution is -2.26. The molecule has 1 rings (SSSR count). The summed E-state index contributed by atoms with van der Waals surface area (Å²) in [5.74, 6) is 0.896. The second-order valence-corrected chi connectivity index (χ2v) is 5.14. The van der Waals surface area contributed by atoms with Crippen molar-refractivity contribution in [1.82, 2.24) is 0 Å². The molecule has 1 aromatic rings. The zero-order valence-corrected chi connectivity index (χ0v) is 12.4. The van der Waals surface area contributed by atoms with Crippen LogP contribution in [0.25, 0.3) is 0 Å². The third-order valence-electron chi connectivity index (χ3n) is 3.81. The number of aryl methyl sites for hydroxylation is 1. The Kier molecular flexibility index (Phi) is 6.32. The van der Waals surface area contributed by atoms with Gasteiger partial charge in [0, 0.05) is 0 Å². The molecule has 108 valence electrons. The van der Waals surface area contributed by atoms with Crippen LogP contribution >= 0.6 is 0 Å². The fourth-order valence-corrected chi connectivity index (χ4v) is 2.33. The fourth-order valence-electron chi connectivity index (χ4n) is 2.33. The molecule has 3 heteroatoms. The van der Waals surface area contributed by atoms with E-state index in [1.165, 1.54) is 11.1 Å². The van der Waals surface area contributed by atoms with Crippen LogP contribution in [0.3, 0.4) is 0 Å². The number of aliphatic hydroxyl groups is 2. The predicted octanol–water partition coefficient (Wildman–Crippen LogP) is 2.77. The molecule has 0 aliphatic carbocycles. The summed E-state index contributed by atoms with van der Waals surface area (Å²) >= 11 is 0. The van der Waals surface area contributed by atoms with E-state index in [9.17, 15) is 10.2 Å². The second kappa shape index (κ2) is 7.51. The summed E-state index contributed by atoms with van der Waals surface area (Å²) in [5, 5.41) is 19.6. The summed E-state index contributed by atoms with van der Waals surface area (Å²) in [5.41, 5.74) is 3.56. The van der Waals surface area contributed by atoms with Gasteiger partial charge in [-0.15, -0.1) is 0 Å². The lowest BCUT2D eigenvalue weighted by Gasteiger charge is -2.18. The molecule has 0 amide bonds. The zero-order valence-electron chi connectivity index (χ0n) is 12.4. The maximum absolute atomic E-state index is 9.90. The molecule has 0 aliphatic heterocycles. The van der Waals surface area contributed by atoms with Gasteiger partial charge >= 0.3 is 0 Å². The molecule has 0 bridgehead atoms. The van der Waals surface area contributed by atoms with Crippen LogP contribution in [0.4, 0.5) is 0 Å². The number of hydrogen-bond donors (Lipinski definition) is 2. The van der Waals surface area contributed by atoms with Gasteiger partial charge in [0.25, 0.3) is 0 Å². The Balaban J connectivity index is 2.66. The van der Waals surface area contributed by atoms with Gasteiger partial charge in [-0.05, 0) is 55.9 Å². The zero-order chi connectivity index (χ0) is 14.4. The maximum atomic E-state index is 9.90. The average molecular weight is 266 g/mol. The molecule has 0 radical (unpaired) electrons. The van der Waals surface area contributed by atoms with Crippen LogP contribution in [0.15, 0.2) is 12.1 Å². The summed E-state index contributed by atoms with van der Waals surface area (Å²) in [6.07, 6.45) is 1.67. The first-order valence-corrected chi connectivity index (χ1v) is 7.00. The van der Waals surface area contributed by atoms with E-state index in [4.69, 9.17) is 4.74 Å². The first-order valence-electron chi connectivity index (χ1n) is 7.00. The van der Waals surface area contributed by atoms with Crippen LogP contribution in [-0.2, 0) is 6.42 Å². The van der Waals surface area contributed by atoms with E-state index >= 15 is 0 Å². The number of hydrogen-bond acceptors (Lipinski definition) is 3. The molecular weight excluding hydrogens is 240 g/mol. The smallest absolute Gasteiger partial charge is 0.122 e. The van der Waals surface area contributed by atoms with Crippen LogP contribution < -0.4 is 4.74 Å². The standard InChI is InChI=1S/C16H26O3/c1-5-6-14(17)15(18)9-7-13-8-10-16(19-4)12(3)11(13)2/h8,10,14-15,17-18H,5-7,9H2,1-4H3. The first-order chi connectivity index (χ1) is 9.01. The van der Waals surface area contributed by atoms with Crippen molar-refractivity contribution < 1.29 is 14.9 Å². The normalized spacial score (nSPS) is 14.2. The van der Waals surface area contributed by atoms with Gasteiger partial charge in [-0.1, -0.05) is 19.4 Å². The molecule has 0 fully saturated rings. The largest absolute Gasteiger partial charge is 0.496 e. The molecule has 0 saturated heterocycles. The minimum absolute atomic E-state index is 0.591. The minimum Gasteiger partial charge on any atom is -0.496 e. The Morgan fingerprint density at radius 1 is 1.05 bits per heavy atom. The molecule has 0 heterocycles. The van der Waals surface area contributed by atoms with Crippen molar-refractivity contribution in [2.75, 3.05) is 7.11 Å². The van der Waals surface area contributed by atoms with Gasteiger partial charge in [-0.25, -0.2) is 0 Å². The lowest BCUT2D eigenvalue weighted by molar-refractivity contribution is 0.00978. The molecule has 3 nitrogen and oxygen atoms in total. The summed E-state index contributed by atoms with van der Waals surface area (Å²) in [7, 11) is 1.67. The highest BCUT2D eigenvalue weighted by Gasteiger charge is 2.16. The van der Waals surface area contributed by atoms with Gasteiger partial charge in [-0.3, -0.25) is 0 Å². The fraction of sp³-hybridized carbons (Fsp3) is 0.625. The average Bonchev–Trinajstić information content (AvgIpc) is 2.40. The van der Waals surface area contributed by atoms with E-state index in [1.54, 1.807) is 7.11 Å². The van der Waals surface area contributed by atoms with E-state index in [0.717, 1.165) is 24.2 Å². The Labute approximate surface area is 116 Å². The SMILES string of the molecule is CCCC(O)C(O)CCc1ccc(OC)c(C)c1C. The van der Waals surface area contributed by atoms with Gasteiger partial charge in [0.15, 0.2) is 0 Å². The molecule has 0 aromatic heterocycles. The van der Waals surface area contributed by atoms with Crippen molar-refractivity contribution in [3.8, 4) is 5.75 Å². The van der Waals surface area contributed by atoms with Crippen molar-refractivity contribution in [2.24, 2.45) is 0 Å². The second-order valence-electron chi connectivity index (χ2n) is 5.14. The molecule has 2 unspecified atom stereocenters. The summed E-state index contributed by atoms with van der Waals surface area (Å²) in [4.78, 5) is 0. The quantitative estimate of drug-likeness (QED) is 0.798. The molecule has 2 N–H and O–H groups in total.